The summed E-state index contributed by atoms with van der Waals surface area (Å²) in [5, 5.41) is 5.02. The van der Waals surface area contributed by atoms with Crippen molar-refractivity contribution < 1.29 is 0 Å². The molecule has 0 atom stereocenters. The van der Waals surface area contributed by atoms with Gasteiger partial charge in [-0.2, -0.15) is 0 Å². The summed E-state index contributed by atoms with van der Waals surface area (Å²) in [5.41, 5.74) is 11.6. The van der Waals surface area contributed by atoms with E-state index in [1.54, 1.807) is 6.20 Å². The zero-order valence-electron chi connectivity index (χ0n) is 28.6. The molecule has 0 radical (unpaired) electrons. The fraction of sp³-hybridized carbons (Fsp3) is 0. The molecule has 0 N–H and O–H groups in total. The fourth-order valence-corrected chi connectivity index (χ4v) is 8.30. The van der Waals surface area contributed by atoms with Gasteiger partial charge in [-0.1, -0.05) is 121 Å². The van der Waals surface area contributed by atoms with E-state index < -0.39 is 0 Å². The molecule has 0 bridgehead atoms. The molecular formula is C49H31N3S. The number of pyridine rings is 1. The molecule has 3 heterocycles. The van der Waals surface area contributed by atoms with Crippen LogP contribution >= 0.6 is 11.3 Å². The summed E-state index contributed by atoms with van der Waals surface area (Å²) in [6, 6.07) is 62.7. The Bertz CT molecular complexity index is 2930. The second-order valence-electron chi connectivity index (χ2n) is 13.3. The Morgan fingerprint density at radius 3 is 1.77 bits per heavy atom. The predicted molar refractivity (Wildman–Crippen MR) is 223 cm³/mol. The molecule has 4 heteroatoms. The Morgan fingerprint density at radius 2 is 0.962 bits per heavy atom. The van der Waals surface area contributed by atoms with E-state index in [1.165, 1.54) is 36.5 Å². The molecule has 0 aliphatic heterocycles. The third-order valence-electron chi connectivity index (χ3n) is 9.96. The Labute approximate surface area is 311 Å². The highest BCUT2D eigenvalue weighted by atomic mass is 32.1. The van der Waals surface area contributed by atoms with Gasteiger partial charge in [0.1, 0.15) is 0 Å². The van der Waals surface area contributed by atoms with Crippen molar-refractivity contribution in [2.45, 2.75) is 0 Å². The SMILES string of the molecule is c1ccc(-c2nc(-c3ccc(-c4cccnc4)cc3)cc(-c3cc(-c4ccc5ccccc5c4)cc(-c4ccc5sc6ccccc6c5c4)c3)n2)cc1. The first kappa shape index (κ1) is 31.0. The molecule has 0 aliphatic rings. The van der Waals surface area contributed by atoms with Crippen LogP contribution in [0.1, 0.15) is 0 Å². The Morgan fingerprint density at radius 1 is 0.340 bits per heavy atom. The minimum Gasteiger partial charge on any atom is -0.264 e. The smallest absolute Gasteiger partial charge is 0.160 e. The van der Waals surface area contributed by atoms with Crippen LogP contribution in [-0.4, -0.2) is 15.0 Å². The molecule has 0 fully saturated rings. The first-order valence-corrected chi connectivity index (χ1v) is 18.6. The highest BCUT2D eigenvalue weighted by Gasteiger charge is 2.15. The van der Waals surface area contributed by atoms with Crippen molar-refractivity contribution in [2.24, 2.45) is 0 Å². The van der Waals surface area contributed by atoms with Crippen LogP contribution in [0.5, 0.6) is 0 Å². The Balaban J connectivity index is 1.17. The zero-order chi connectivity index (χ0) is 35.1. The van der Waals surface area contributed by atoms with Gasteiger partial charge in [0.25, 0.3) is 0 Å². The van der Waals surface area contributed by atoms with Crippen molar-refractivity contribution in [3.8, 4) is 67.3 Å². The average molecular weight is 694 g/mol. The van der Waals surface area contributed by atoms with Gasteiger partial charge in [0, 0.05) is 49.3 Å². The van der Waals surface area contributed by atoms with Crippen LogP contribution in [0.15, 0.2) is 188 Å². The molecule has 248 valence electrons. The van der Waals surface area contributed by atoms with Gasteiger partial charge in [0.15, 0.2) is 5.82 Å². The number of hydrogen-bond donors (Lipinski definition) is 0. The number of aromatic nitrogens is 3. The number of thiophene rings is 1. The van der Waals surface area contributed by atoms with Crippen LogP contribution in [0.25, 0.3) is 98.2 Å². The maximum Gasteiger partial charge on any atom is 0.160 e. The van der Waals surface area contributed by atoms with E-state index in [2.05, 4.69) is 157 Å². The fourth-order valence-electron chi connectivity index (χ4n) is 7.21. The van der Waals surface area contributed by atoms with Gasteiger partial charge in [-0.15, -0.1) is 11.3 Å². The Hall–Kier alpha value is -6.75. The van der Waals surface area contributed by atoms with Crippen LogP contribution in [0, 0.1) is 0 Å². The standard InChI is InChI=1S/C49H31N3S/c1-2-10-35(11-3-1)49-51-45(34-19-16-33(17-20-34)39-13-8-24-50-31-39)30-46(52-49)42-27-40(37-21-18-32-9-4-5-12-36(32)25-37)26-41(28-42)38-22-23-48-44(29-38)43-14-6-7-15-47(43)53-48/h1-31H. The average Bonchev–Trinajstić information content (AvgIpc) is 3.62. The molecule has 0 aliphatic carbocycles. The lowest BCUT2D eigenvalue weighted by atomic mass is 9.93. The monoisotopic (exact) mass is 693 g/mol. The molecule has 3 aromatic heterocycles. The van der Waals surface area contributed by atoms with E-state index in [0.29, 0.717) is 5.82 Å². The van der Waals surface area contributed by atoms with E-state index >= 15 is 0 Å². The number of benzene rings is 7. The van der Waals surface area contributed by atoms with E-state index in [4.69, 9.17) is 9.97 Å². The molecule has 0 unspecified atom stereocenters. The van der Waals surface area contributed by atoms with Crippen LogP contribution < -0.4 is 0 Å². The third-order valence-corrected chi connectivity index (χ3v) is 11.1. The molecule has 0 amide bonds. The molecular weight excluding hydrogens is 663 g/mol. The largest absolute Gasteiger partial charge is 0.264 e. The van der Waals surface area contributed by atoms with Gasteiger partial charge >= 0.3 is 0 Å². The first-order chi connectivity index (χ1) is 26.2. The lowest BCUT2D eigenvalue weighted by Crippen LogP contribution is -1.96. The van der Waals surface area contributed by atoms with Crippen molar-refractivity contribution in [2.75, 3.05) is 0 Å². The minimum atomic E-state index is 0.693. The van der Waals surface area contributed by atoms with Crippen LogP contribution in [0.2, 0.25) is 0 Å². The lowest BCUT2D eigenvalue weighted by molar-refractivity contribution is 1.18. The van der Waals surface area contributed by atoms with Crippen molar-refractivity contribution in [1.29, 1.82) is 0 Å². The molecule has 10 aromatic rings. The molecule has 0 spiro atoms. The van der Waals surface area contributed by atoms with E-state index in [-0.39, 0.29) is 0 Å². The second-order valence-corrected chi connectivity index (χ2v) is 14.4. The molecule has 0 saturated heterocycles. The highest BCUT2D eigenvalue weighted by molar-refractivity contribution is 7.25. The quantitative estimate of drug-likeness (QED) is 0.174. The summed E-state index contributed by atoms with van der Waals surface area (Å²) in [6.45, 7) is 0. The molecule has 7 aromatic carbocycles. The highest BCUT2D eigenvalue weighted by Crippen LogP contribution is 2.39. The van der Waals surface area contributed by atoms with Crippen molar-refractivity contribution in [1.82, 2.24) is 15.0 Å². The van der Waals surface area contributed by atoms with Gasteiger partial charge in [-0.25, -0.2) is 9.97 Å². The number of nitrogens with zero attached hydrogens (tertiary/aromatic N) is 3. The number of rotatable bonds is 6. The summed E-state index contributed by atoms with van der Waals surface area (Å²) in [4.78, 5) is 14.7. The number of hydrogen-bond acceptors (Lipinski definition) is 4. The second kappa shape index (κ2) is 13.1. The minimum absolute atomic E-state index is 0.693. The van der Waals surface area contributed by atoms with E-state index in [1.807, 2.05) is 41.8 Å². The Kier molecular flexibility index (Phi) is 7.67. The molecule has 53 heavy (non-hydrogen) atoms. The van der Waals surface area contributed by atoms with Crippen LogP contribution in [-0.2, 0) is 0 Å². The van der Waals surface area contributed by atoms with Gasteiger partial charge in [-0.3, -0.25) is 4.98 Å². The summed E-state index contributed by atoms with van der Waals surface area (Å²) in [7, 11) is 0. The van der Waals surface area contributed by atoms with Crippen LogP contribution in [0.3, 0.4) is 0 Å². The first-order valence-electron chi connectivity index (χ1n) is 17.7. The van der Waals surface area contributed by atoms with Crippen LogP contribution in [0.4, 0.5) is 0 Å². The normalized spacial score (nSPS) is 11.4. The van der Waals surface area contributed by atoms with Gasteiger partial charge in [-0.05, 0) is 98.8 Å². The molecule has 10 rings (SSSR count). The van der Waals surface area contributed by atoms with Gasteiger partial charge < -0.3 is 0 Å². The predicted octanol–water partition coefficient (Wildman–Crippen LogP) is 13.4. The van der Waals surface area contributed by atoms with Crippen molar-refractivity contribution in [3.05, 3.63) is 188 Å². The zero-order valence-corrected chi connectivity index (χ0v) is 29.5. The summed E-state index contributed by atoms with van der Waals surface area (Å²) < 4.78 is 2.60. The van der Waals surface area contributed by atoms with E-state index in [9.17, 15) is 0 Å². The maximum absolute atomic E-state index is 5.25. The maximum atomic E-state index is 5.25. The van der Waals surface area contributed by atoms with Crippen molar-refractivity contribution >= 4 is 42.3 Å². The summed E-state index contributed by atoms with van der Waals surface area (Å²) >= 11 is 1.85. The molecule has 0 saturated carbocycles. The van der Waals surface area contributed by atoms with Gasteiger partial charge in [0.05, 0.1) is 11.4 Å². The summed E-state index contributed by atoms with van der Waals surface area (Å²) in [6.07, 6.45) is 3.69. The third kappa shape index (κ3) is 5.95. The number of fused-ring (bicyclic) bond motifs is 4. The van der Waals surface area contributed by atoms with E-state index in [0.717, 1.165) is 55.9 Å². The molecule has 3 nitrogen and oxygen atoms in total. The van der Waals surface area contributed by atoms with Crippen molar-refractivity contribution in [3.63, 3.8) is 0 Å². The lowest BCUT2D eigenvalue weighted by Gasteiger charge is -2.14. The summed E-state index contributed by atoms with van der Waals surface area (Å²) in [5.74, 6) is 0.693. The topological polar surface area (TPSA) is 38.7 Å². The van der Waals surface area contributed by atoms with Gasteiger partial charge in [0.2, 0.25) is 0 Å².